The Morgan fingerprint density at radius 2 is 2.25 bits per heavy atom. The van der Waals surface area contributed by atoms with Crippen molar-refractivity contribution in [3.63, 3.8) is 0 Å². The van der Waals surface area contributed by atoms with E-state index in [-0.39, 0.29) is 5.91 Å². The number of likely N-dealkylation sites (tertiary alicyclic amines) is 1. The molecule has 4 rings (SSSR count). The van der Waals surface area contributed by atoms with Gasteiger partial charge in [0, 0.05) is 45.8 Å². The van der Waals surface area contributed by atoms with E-state index in [1.54, 1.807) is 29.4 Å². The lowest BCUT2D eigenvalue weighted by Crippen LogP contribution is -2.40. The molecule has 0 saturated carbocycles. The molecule has 0 aliphatic carbocycles. The van der Waals surface area contributed by atoms with Crippen LogP contribution in [0.15, 0.2) is 42.1 Å². The number of hydrogen-bond donors (Lipinski definition) is 2. The van der Waals surface area contributed by atoms with Crippen molar-refractivity contribution in [3.8, 4) is 0 Å². The van der Waals surface area contributed by atoms with Crippen molar-refractivity contribution in [1.82, 2.24) is 19.6 Å². The van der Waals surface area contributed by atoms with Crippen LogP contribution in [-0.2, 0) is 21.4 Å². The Balaban J connectivity index is 1.40. The molecule has 0 radical (unpaired) electrons. The van der Waals surface area contributed by atoms with Crippen LogP contribution in [0.5, 0.6) is 0 Å². The minimum atomic E-state index is -3.73. The maximum absolute atomic E-state index is 12.6. The summed E-state index contributed by atoms with van der Waals surface area (Å²) in [6.07, 6.45) is 5.35. The molecular weight excluding hydrogens is 420 g/mol. The Morgan fingerprint density at radius 3 is 3.00 bits per heavy atom. The molecule has 3 aromatic heterocycles. The number of H-pyrrole nitrogens is 1. The minimum Gasteiger partial charge on any atom is -0.357 e. The Bertz CT molecular complexity index is 1120. The summed E-state index contributed by atoms with van der Waals surface area (Å²) in [7, 11) is -3.73. The smallest absolute Gasteiger partial charge is 0.241 e. The van der Waals surface area contributed by atoms with E-state index < -0.39 is 16.1 Å². The SMILES string of the molecule is O=C1[C@H](NS(=O)(=O)C=Cc2ccc(Cl)s2)CCN1Cc1cc2cnccc2[nH]1. The Hall–Kier alpha value is -2.20. The van der Waals surface area contributed by atoms with Gasteiger partial charge < -0.3 is 9.88 Å². The highest BCUT2D eigenvalue weighted by atomic mass is 35.5. The highest BCUT2D eigenvalue weighted by Gasteiger charge is 2.34. The number of sulfonamides is 1. The van der Waals surface area contributed by atoms with Gasteiger partial charge in [-0.3, -0.25) is 9.78 Å². The van der Waals surface area contributed by atoms with E-state index in [4.69, 9.17) is 11.6 Å². The molecule has 1 aliphatic rings. The number of amides is 1. The lowest BCUT2D eigenvalue weighted by Gasteiger charge is -2.16. The average molecular weight is 437 g/mol. The fourth-order valence-corrected chi connectivity index (χ4v) is 5.21. The van der Waals surface area contributed by atoms with Gasteiger partial charge in [-0.2, -0.15) is 4.72 Å². The van der Waals surface area contributed by atoms with Crippen LogP contribution in [0.1, 0.15) is 17.0 Å². The topological polar surface area (TPSA) is 95.2 Å². The van der Waals surface area contributed by atoms with E-state index >= 15 is 0 Å². The predicted molar refractivity (Wildman–Crippen MR) is 110 cm³/mol. The molecule has 1 fully saturated rings. The van der Waals surface area contributed by atoms with Gasteiger partial charge in [-0.25, -0.2) is 8.42 Å². The average Bonchev–Trinajstić information content (AvgIpc) is 3.34. The van der Waals surface area contributed by atoms with Crippen molar-refractivity contribution in [2.24, 2.45) is 0 Å². The minimum absolute atomic E-state index is 0.229. The first kappa shape index (κ1) is 19.1. The van der Waals surface area contributed by atoms with E-state index in [0.717, 1.165) is 26.9 Å². The molecule has 146 valence electrons. The second-order valence-electron chi connectivity index (χ2n) is 6.47. The molecule has 4 heterocycles. The quantitative estimate of drug-likeness (QED) is 0.621. The van der Waals surface area contributed by atoms with Crippen molar-refractivity contribution in [2.45, 2.75) is 19.0 Å². The van der Waals surface area contributed by atoms with E-state index in [9.17, 15) is 13.2 Å². The first-order chi connectivity index (χ1) is 13.4. The van der Waals surface area contributed by atoms with Crippen molar-refractivity contribution >= 4 is 55.8 Å². The molecule has 0 aromatic carbocycles. The zero-order valence-electron chi connectivity index (χ0n) is 14.6. The summed E-state index contributed by atoms with van der Waals surface area (Å²) in [5.74, 6) is -0.229. The summed E-state index contributed by atoms with van der Waals surface area (Å²) in [5, 5.41) is 2.04. The second kappa shape index (κ2) is 7.67. The number of carbonyl (C=O) groups excluding carboxylic acids is 1. The number of rotatable bonds is 6. The summed E-state index contributed by atoms with van der Waals surface area (Å²) >= 11 is 7.12. The zero-order chi connectivity index (χ0) is 19.7. The van der Waals surface area contributed by atoms with E-state index in [1.807, 2.05) is 12.1 Å². The number of pyridine rings is 1. The number of nitrogens with zero attached hydrogens (tertiary/aromatic N) is 2. The maximum Gasteiger partial charge on any atom is 0.241 e. The van der Waals surface area contributed by atoms with Crippen LogP contribution < -0.4 is 4.72 Å². The zero-order valence-corrected chi connectivity index (χ0v) is 17.0. The first-order valence-electron chi connectivity index (χ1n) is 8.56. The van der Waals surface area contributed by atoms with Gasteiger partial charge in [-0.05, 0) is 36.8 Å². The molecule has 0 bridgehead atoms. The van der Waals surface area contributed by atoms with Gasteiger partial charge in [-0.15, -0.1) is 11.3 Å². The number of fused-ring (bicyclic) bond motifs is 1. The molecule has 0 spiro atoms. The third kappa shape index (κ3) is 4.27. The van der Waals surface area contributed by atoms with Crippen LogP contribution in [-0.4, -0.2) is 41.8 Å². The predicted octanol–water partition coefficient (Wildman–Crippen LogP) is 2.97. The largest absolute Gasteiger partial charge is 0.357 e. The van der Waals surface area contributed by atoms with Gasteiger partial charge in [0.15, 0.2) is 0 Å². The Kier molecular flexibility index (Phi) is 5.24. The summed E-state index contributed by atoms with van der Waals surface area (Å²) < 4.78 is 27.6. The van der Waals surface area contributed by atoms with Crippen molar-refractivity contribution < 1.29 is 13.2 Å². The van der Waals surface area contributed by atoms with Gasteiger partial charge >= 0.3 is 0 Å². The highest BCUT2D eigenvalue weighted by molar-refractivity contribution is 7.92. The number of hydrogen-bond acceptors (Lipinski definition) is 5. The third-order valence-electron chi connectivity index (χ3n) is 4.45. The molecular formula is C18H17ClN4O3S2. The number of nitrogens with one attached hydrogen (secondary N) is 2. The number of thiophene rings is 1. The molecule has 1 saturated heterocycles. The van der Waals surface area contributed by atoms with Crippen molar-refractivity contribution in [3.05, 3.63) is 57.0 Å². The lowest BCUT2D eigenvalue weighted by molar-refractivity contribution is -0.129. The Morgan fingerprint density at radius 1 is 1.39 bits per heavy atom. The molecule has 7 nitrogen and oxygen atoms in total. The summed E-state index contributed by atoms with van der Waals surface area (Å²) in [6, 6.07) is 6.49. The molecule has 28 heavy (non-hydrogen) atoms. The van der Waals surface area contributed by atoms with Crippen LogP contribution in [0, 0.1) is 0 Å². The number of carbonyl (C=O) groups is 1. The highest BCUT2D eigenvalue weighted by Crippen LogP contribution is 2.23. The van der Waals surface area contributed by atoms with E-state index in [0.29, 0.717) is 23.8 Å². The number of halogens is 1. The molecule has 10 heteroatoms. The van der Waals surface area contributed by atoms with Gasteiger partial charge in [0.25, 0.3) is 0 Å². The fourth-order valence-electron chi connectivity index (χ4n) is 3.14. The normalized spacial score (nSPS) is 18.0. The van der Waals surface area contributed by atoms with Crippen LogP contribution >= 0.6 is 22.9 Å². The van der Waals surface area contributed by atoms with E-state index in [1.165, 1.54) is 17.4 Å². The van der Waals surface area contributed by atoms with Crippen LogP contribution in [0.4, 0.5) is 0 Å². The molecule has 0 unspecified atom stereocenters. The van der Waals surface area contributed by atoms with Crippen molar-refractivity contribution in [1.29, 1.82) is 0 Å². The fraction of sp³-hybridized carbons (Fsp3) is 0.222. The van der Waals surface area contributed by atoms with Gasteiger partial charge in [0.1, 0.15) is 6.04 Å². The standard InChI is InChI=1S/C18H17ClN4O3S2/c19-17-2-1-14(27-17)5-8-28(25,26)22-16-4-7-23(18(16)24)11-13-9-12-10-20-6-3-15(12)21-13/h1-3,5-6,8-10,16,21-22H,4,7,11H2/t16-/m1/s1. The third-order valence-corrected chi connectivity index (χ3v) is 6.75. The maximum atomic E-state index is 12.6. The first-order valence-corrected chi connectivity index (χ1v) is 11.3. The Labute approximate surface area is 171 Å². The molecule has 2 N–H and O–H groups in total. The lowest BCUT2D eigenvalue weighted by atomic mass is 10.3. The van der Waals surface area contributed by atoms with Gasteiger partial charge in [0.05, 0.1) is 10.9 Å². The summed E-state index contributed by atoms with van der Waals surface area (Å²) in [6.45, 7) is 0.888. The monoisotopic (exact) mass is 436 g/mol. The van der Waals surface area contributed by atoms with Crippen molar-refractivity contribution in [2.75, 3.05) is 6.54 Å². The van der Waals surface area contributed by atoms with Gasteiger partial charge in [-0.1, -0.05) is 11.6 Å². The molecule has 3 aromatic rings. The number of aromatic amines is 1. The summed E-state index contributed by atoms with van der Waals surface area (Å²) in [4.78, 5) is 22.3. The van der Waals surface area contributed by atoms with Crippen LogP contribution in [0.2, 0.25) is 4.34 Å². The summed E-state index contributed by atoms with van der Waals surface area (Å²) in [5.41, 5.74) is 1.84. The van der Waals surface area contributed by atoms with Crippen LogP contribution in [0.25, 0.3) is 17.0 Å². The number of aromatic nitrogens is 2. The second-order valence-corrected chi connectivity index (χ2v) is 9.81. The van der Waals surface area contributed by atoms with E-state index in [2.05, 4.69) is 14.7 Å². The molecule has 1 amide bonds. The molecule has 1 aliphatic heterocycles. The van der Waals surface area contributed by atoms with Crippen LogP contribution in [0.3, 0.4) is 0 Å². The van der Waals surface area contributed by atoms with Gasteiger partial charge in [0.2, 0.25) is 15.9 Å². The molecule has 1 atom stereocenters.